The molecule has 2 heterocycles. The highest BCUT2D eigenvalue weighted by Gasteiger charge is 2.49. The minimum Gasteiger partial charge on any atom is -0.319 e. The van der Waals surface area contributed by atoms with Gasteiger partial charge in [-0.1, -0.05) is 30.3 Å². The van der Waals surface area contributed by atoms with Crippen molar-refractivity contribution in [3.8, 4) is 0 Å². The summed E-state index contributed by atoms with van der Waals surface area (Å²) in [7, 11) is 0. The van der Waals surface area contributed by atoms with E-state index < -0.39 is 35.7 Å². The predicted octanol–water partition coefficient (Wildman–Crippen LogP) is 3.59. The van der Waals surface area contributed by atoms with E-state index in [-0.39, 0.29) is 6.54 Å². The summed E-state index contributed by atoms with van der Waals surface area (Å²) in [4.78, 5) is 45.8. The van der Waals surface area contributed by atoms with E-state index in [1.807, 2.05) is 18.4 Å². The number of anilines is 1. The van der Waals surface area contributed by atoms with Gasteiger partial charge in [-0.15, -0.1) is 11.3 Å². The molecule has 2 aromatic carbocycles. The summed E-state index contributed by atoms with van der Waals surface area (Å²) in [5.74, 6) is -1.42. The van der Waals surface area contributed by atoms with Gasteiger partial charge in [0.1, 0.15) is 17.9 Å². The van der Waals surface area contributed by atoms with Crippen LogP contribution < -0.4 is 10.2 Å². The lowest BCUT2D eigenvalue weighted by atomic mass is 9.92. The lowest BCUT2D eigenvalue weighted by Gasteiger charge is -2.25. The van der Waals surface area contributed by atoms with Crippen molar-refractivity contribution in [2.24, 2.45) is 0 Å². The Hall–Kier alpha value is -3.59. The van der Waals surface area contributed by atoms with Crippen molar-refractivity contribution in [1.82, 2.24) is 15.2 Å². The summed E-state index contributed by atoms with van der Waals surface area (Å²) in [6.07, 6.45) is 0. The van der Waals surface area contributed by atoms with Crippen molar-refractivity contribution in [1.29, 1.82) is 0 Å². The number of thiazole rings is 1. The van der Waals surface area contributed by atoms with Crippen molar-refractivity contribution >= 4 is 34.9 Å². The molecule has 1 N–H and O–H groups in total. The SMILES string of the molecule is Cc1nc(CN(C(=O)CN2C(=O)NC(C)(c3ccccc3)C2=O)c2ccc(F)cc2)cs1. The van der Waals surface area contributed by atoms with Gasteiger partial charge in [0, 0.05) is 11.1 Å². The fraction of sp³-hybridized carbons (Fsp3) is 0.217. The number of aromatic nitrogens is 1. The molecule has 164 valence electrons. The third kappa shape index (κ3) is 4.11. The molecule has 1 aliphatic heterocycles. The van der Waals surface area contributed by atoms with Crippen LogP contribution >= 0.6 is 11.3 Å². The molecule has 0 saturated carbocycles. The molecule has 9 heteroatoms. The lowest BCUT2D eigenvalue weighted by molar-refractivity contribution is -0.134. The van der Waals surface area contributed by atoms with E-state index in [0.717, 1.165) is 9.91 Å². The van der Waals surface area contributed by atoms with Crippen LogP contribution in [0.4, 0.5) is 14.9 Å². The number of rotatable bonds is 6. The zero-order valence-electron chi connectivity index (χ0n) is 17.5. The van der Waals surface area contributed by atoms with Gasteiger partial charge >= 0.3 is 6.03 Å². The second-order valence-electron chi connectivity index (χ2n) is 7.63. The Kier molecular flexibility index (Phi) is 5.75. The smallest absolute Gasteiger partial charge is 0.319 e. The highest BCUT2D eigenvalue weighted by molar-refractivity contribution is 7.09. The zero-order valence-corrected chi connectivity index (χ0v) is 18.4. The van der Waals surface area contributed by atoms with Gasteiger partial charge in [-0.25, -0.2) is 14.2 Å². The molecule has 1 fully saturated rings. The zero-order chi connectivity index (χ0) is 22.9. The topological polar surface area (TPSA) is 82.6 Å². The van der Waals surface area contributed by atoms with E-state index in [0.29, 0.717) is 16.9 Å². The van der Waals surface area contributed by atoms with Crippen LogP contribution in [0.2, 0.25) is 0 Å². The molecule has 1 saturated heterocycles. The Morgan fingerprint density at radius 1 is 1.16 bits per heavy atom. The Balaban J connectivity index is 1.59. The molecule has 3 aromatic rings. The summed E-state index contributed by atoms with van der Waals surface area (Å²) < 4.78 is 13.4. The van der Waals surface area contributed by atoms with Crippen molar-refractivity contribution < 1.29 is 18.8 Å². The van der Waals surface area contributed by atoms with E-state index in [1.54, 1.807) is 31.2 Å². The summed E-state index contributed by atoms with van der Waals surface area (Å²) >= 11 is 1.45. The molecule has 0 aliphatic carbocycles. The molecule has 1 atom stereocenters. The average molecular weight is 453 g/mol. The Morgan fingerprint density at radius 2 is 1.84 bits per heavy atom. The molecular formula is C23H21FN4O3S. The van der Waals surface area contributed by atoms with Crippen LogP contribution in [0.15, 0.2) is 60.0 Å². The first-order chi connectivity index (χ1) is 15.3. The number of halogens is 1. The maximum absolute atomic E-state index is 13.4. The third-order valence-corrected chi connectivity index (χ3v) is 6.17. The number of urea groups is 1. The van der Waals surface area contributed by atoms with Gasteiger partial charge in [0.2, 0.25) is 5.91 Å². The monoisotopic (exact) mass is 452 g/mol. The van der Waals surface area contributed by atoms with Crippen molar-refractivity contribution in [2.45, 2.75) is 25.9 Å². The largest absolute Gasteiger partial charge is 0.325 e. The number of hydrogen-bond acceptors (Lipinski definition) is 5. The number of nitrogens with one attached hydrogen (secondary N) is 1. The molecule has 1 unspecified atom stereocenters. The van der Waals surface area contributed by atoms with E-state index in [4.69, 9.17) is 0 Å². The lowest BCUT2D eigenvalue weighted by Crippen LogP contribution is -2.44. The molecule has 1 aromatic heterocycles. The minimum atomic E-state index is -1.26. The Morgan fingerprint density at radius 3 is 2.47 bits per heavy atom. The van der Waals surface area contributed by atoms with Crippen molar-refractivity contribution in [2.75, 3.05) is 11.4 Å². The van der Waals surface area contributed by atoms with Gasteiger partial charge in [0.15, 0.2) is 0 Å². The summed E-state index contributed by atoms with van der Waals surface area (Å²) in [6, 6.07) is 13.7. The average Bonchev–Trinajstić information content (AvgIpc) is 3.29. The molecule has 4 amide bonds. The summed E-state index contributed by atoms with van der Waals surface area (Å²) in [6.45, 7) is 3.15. The summed E-state index contributed by atoms with van der Waals surface area (Å²) in [5.41, 5.74) is 0.476. The first-order valence-electron chi connectivity index (χ1n) is 9.94. The third-order valence-electron chi connectivity index (χ3n) is 5.35. The van der Waals surface area contributed by atoms with Gasteiger partial charge in [-0.3, -0.25) is 14.5 Å². The number of benzene rings is 2. The number of aryl methyl sites for hydroxylation is 1. The van der Waals surface area contributed by atoms with Crippen LogP contribution in [0.5, 0.6) is 0 Å². The number of imide groups is 1. The van der Waals surface area contributed by atoms with Gasteiger partial charge in [0.05, 0.1) is 17.2 Å². The number of hydrogen-bond donors (Lipinski definition) is 1. The second kappa shape index (κ2) is 8.51. The van der Waals surface area contributed by atoms with E-state index in [1.165, 1.54) is 40.5 Å². The Bertz CT molecular complexity index is 1170. The quantitative estimate of drug-likeness (QED) is 0.580. The maximum Gasteiger partial charge on any atom is 0.325 e. The summed E-state index contributed by atoms with van der Waals surface area (Å²) in [5, 5.41) is 5.38. The molecule has 32 heavy (non-hydrogen) atoms. The van der Waals surface area contributed by atoms with Crippen LogP contribution in [0.1, 0.15) is 23.2 Å². The number of nitrogens with zero attached hydrogens (tertiary/aromatic N) is 3. The van der Waals surface area contributed by atoms with Crippen LogP contribution in [-0.4, -0.2) is 34.3 Å². The van der Waals surface area contributed by atoms with Crippen LogP contribution in [0.25, 0.3) is 0 Å². The molecule has 0 radical (unpaired) electrons. The first-order valence-corrected chi connectivity index (χ1v) is 10.8. The normalized spacial score (nSPS) is 18.0. The van der Waals surface area contributed by atoms with Gasteiger partial charge < -0.3 is 10.2 Å². The fourth-order valence-corrected chi connectivity index (χ4v) is 4.22. The molecule has 4 rings (SSSR count). The number of amides is 4. The molecular weight excluding hydrogens is 431 g/mol. The maximum atomic E-state index is 13.4. The van der Waals surface area contributed by atoms with Crippen LogP contribution in [-0.2, 0) is 21.7 Å². The highest BCUT2D eigenvalue weighted by Crippen LogP contribution is 2.29. The Labute approximate surface area is 188 Å². The standard InChI is InChI=1S/C23H21FN4O3S/c1-15-25-18(14-32-15)12-27(19-10-8-17(24)9-11-19)20(29)13-28-21(30)23(2,26-22(28)31)16-6-4-3-5-7-16/h3-11,14H,12-13H2,1-2H3,(H,26,31). The minimum absolute atomic E-state index is 0.133. The van der Waals surface area contributed by atoms with Crippen molar-refractivity contribution in [3.63, 3.8) is 0 Å². The van der Waals surface area contributed by atoms with Gasteiger partial charge in [-0.2, -0.15) is 0 Å². The molecule has 0 bridgehead atoms. The van der Waals surface area contributed by atoms with Crippen molar-refractivity contribution in [3.05, 3.63) is 82.1 Å². The van der Waals surface area contributed by atoms with E-state index in [9.17, 15) is 18.8 Å². The van der Waals surface area contributed by atoms with Gasteiger partial charge in [0.25, 0.3) is 5.91 Å². The molecule has 0 spiro atoms. The number of carbonyl (C=O) groups excluding carboxylic acids is 3. The molecule has 1 aliphatic rings. The first kappa shape index (κ1) is 21.6. The van der Waals surface area contributed by atoms with E-state index in [2.05, 4.69) is 10.3 Å². The van der Waals surface area contributed by atoms with Crippen LogP contribution in [0, 0.1) is 12.7 Å². The predicted molar refractivity (Wildman–Crippen MR) is 118 cm³/mol. The fourth-order valence-electron chi connectivity index (χ4n) is 3.62. The van der Waals surface area contributed by atoms with Crippen LogP contribution in [0.3, 0.4) is 0 Å². The van der Waals surface area contributed by atoms with Gasteiger partial charge in [-0.05, 0) is 43.7 Å². The highest BCUT2D eigenvalue weighted by atomic mass is 32.1. The van der Waals surface area contributed by atoms with E-state index >= 15 is 0 Å². The second-order valence-corrected chi connectivity index (χ2v) is 8.69. The molecule has 7 nitrogen and oxygen atoms in total. The number of carbonyl (C=O) groups is 3.